The Balaban J connectivity index is 2.25. The summed E-state index contributed by atoms with van der Waals surface area (Å²) >= 11 is 0. The molecule has 1 saturated heterocycles. The fourth-order valence-electron chi connectivity index (χ4n) is 2.01. The topological polar surface area (TPSA) is 88.4 Å². The first-order valence-electron chi connectivity index (χ1n) is 5.87. The van der Waals surface area contributed by atoms with Crippen molar-refractivity contribution in [2.45, 2.75) is 30.9 Å². The number of rotatable bonds is 3. The molecule has 2 heterocycles. The standard InChI is InChI=1S/C11H19N3O3S/c1-11(2)8-14(3-4-17-11)18(15,16)10-5-9(6-12)13-7-10/h5,7,13H,3-4,6,8,12H2,1-2H3. The summed E-state index contributed by atoms with van der Waals surface area (Å²) < 4.78 is 31.8. The van der Waals surface area contributed by atoms with Gasteiger partial charge in [0.25, 0.3) is 0 Å². The summed E-state index contributed by atoms with van der Waals surface area (Å²) in [7, 11) is -3.46. The molecule has 1 aromatic heterocycles. The highest BCUT2D eigenvalue weighted by molar-refractivity contribution is 7.89. The van der Waals surface area contributed by atoms with Crippen LogP contribution in [-0.4, -0.2) is 43.0 Å². The first-order chi connectivity index (χ1) is 8.35. The second-order valence-corrected chi connectivity index (χ2v) is 6.95. The van der Waals surface area contributed by atoms with Crippen LogP contribution in [0.25, 0.3) is 0 Å². The number of nitrogens with zero attached hydrogens (tertiary/aromatic N) is 1. The molecule has 1 aliphatic rings. The molecule has 3 N–H and O–H groups in total. The van der Waals surface area contributed by atoms with E-state index in [1.165, 1.54) is 10.5 Å². The summed E-state index contributed by atoms with van der Waals surface area (Å²) in [6.07, 6.45) is 1.49. The molecule has 0 aliphatic carbocycles. The van der Waals surface area contributed by atoms with Crippen LogP contribution in [0, 0.1) is 0 Å². The molecule has 0 saturated carbocycles. The molecule has 102 valence electrons. The summed E-state index contributed by atoms with van der Waals surface area (Å²) in [6.45, 7) is 5.23. The van der Waals surface area contributed by atoms with Gasteiger partial charge in [-0.3, -0.25) is 0 Å². The minimum absolute atomic E-state index is 0.264. The second kappa shape index (κ2) is 4.65. The number of morpholine rings is 1. The maximum absolute atomic E-state index is 12.4. The molecule has 18 heavy (non-hydrogen) atoms. The van der Waals surface area contributed by atoms with Crippen molar-refractivity contribution in [2.75, 3.05) is 19.7 Å². The van der Waals surface area contributed by atoms with Gasteiger partial charge in [-0.1, -0.05) is 0 Å². The van der Waals surface area contributed by atoms with Gasteiger partial charge >= 0.3 is 0 Å². The van der Waals surface area contributed by atoms with Crippen LogP contribution in [0.15, 0.2) is 17.2 Å². The molecule has 1 aromatic rings. The predicted molar refractivity (Wildman–Crippen MR) is 67.5 cm³/mol. The van der Waals surface area contributed by atoms with Crippen molar-refractivity contribution in [3.05, 3.63) is 18.0 Å². The molecule has 0 spiro atoms. The van der Waals surface area contributed by atoms with Crippen molar-refractivity contribution in [3.8, 4) is 0 Å². The lowest BCUT2D eigenvalue weighted by atomic mass is 10.1. The van der Waals surface area contributed by atoms with E-state index in [-0.39, 0.29) is 4.90 Å². The number of nitrogens with one attached hydrogen (secondary N) is 1. The molecule has 0 unspecified atom stereocenters. The smallest absolute Gasteiger partial charge is 0.244 e. The number of H-pyrrole nitrogens is 1. The maximum Gasteiger partial charge on any atom is 0.244 e. The minimum Gasteiger partial charge on any atom is -0.373 e. The van der Waals surface area contributed by atoms with E-state index in [0.717, 1.165) is 0 Å². The normalized spacial score (nSPS) is 21.1. The number of nitrogens with two attached hydrogens (primary N) is 1. The third kappa shape index (κ3) is 2.59. The van der Waals surface area contributed by atoms with Gasteiger partial charge in [0.15, 0.2) is 0 Å². The van der Waals surface area contributed by atoms with Crippen molar-refractivity contribution in [2.24, 2.45) is 5.73 Å². The Morgan fingerprint density at radius 1 is 1.56 bits per heavy atom. The van der Waals surface area contributed by atoms with Crippen LogP contribution < -0.4 is 5.73 Å². The monoisotopic (exact) mass is 273 g/mol. The van der Waals surface area contributed by atoms with E-state index in [4.69, 9.17) is 10.5 Å². The van der Waals surface area contributed by atoms with Crippen molar-refractivity contribution < 1.29 is 13.2 Å². The van der Waals surface area contributed by atoms with Gasteiger partial charge in [0, 0.05) is 31.5 Å². The number of aromatic nitrogens is 1. The second-order valence-electron chi connectivity index (χ2n) is 5.01. The Labute approximate surface area is 107 Å². The quantitative estimate of drug-likeness (QED) is 0.827. The molecule has 7 heteroatoms. The Bertz CT molecular complexity index is 521. The van der Waals surface area contributed by atoms with E-state index in [9.17, 15) is 8.42 Å². The number of hydrogen-bond donors (Lipinski definition) is 2. The van der Waals surface area contributed by atoms with Gasteiger partial charge in [-0.25, -0.2) is 8.42 Å². The molecule has 0 radical (unpaired) electrons. The zero-order valence-corrected chi connectivity index (χ0v) is 11.5. The Morgan fingerprint density at radius 3 is 2.83 bits per heavy atom. The number of hydrogen-bond acceptors (Lipinski definition) is 4. The number of aromatic amines is 1. The van der Waals surface area contributed by atoms with Gasteiger partial charge in [0.1, 0.15) is 0 Å². The van der Waals surface area contributed by atoms with Gasteiger partial charge in [0.2, 0.25) is 10.0 Å². The average Bonchev–Trinajstić information content (AvgIpc) is 2.76. The Kier molecular flexibility index (Phi) is 3.50. The highest BCUT2D eigenvalue weighted by Gasteiger charge is 2.35. The molecule has 0 bridgehead atoms. The minimum atomic E-state index is -3.46. The lowest BCUT2D eigenvalue weighted by molar-refractivity contribution is -0.0640. The molecular formula is C11H19N3O3S. The molecule has 0 aromatic carbocycles. The van der Waals surface area contributed by atoms with Crippen molar-refractivity contribution in [1.82, 2.24) is 9.29 Å². The van der Waals surface area contributed by atoms with Gasteiger partial charge in [0.05, 0.1) is 17.1 Å². The first-order valence-corrected chi connectivity index (χ1v) is 7.31. The Morgan fingerprint density at radius 2 is 2.28 bits per heavy atom. The molecule has 0 atom stereocenters. The van der Waals surface area contributed by atoms with Crippen LogP contribution in [0.5, 0.6) is 0 Å². The lowest BCUT2D eigenvalue weighted by Crippen LogP contribution is -2.50. The van der Waals surface area contributed by atoms with Gasteiger partial charge in [-0.05, 0) is 19.9 Å². The van der Waals surface area contributed by atoms with E-state index in [1.54, 1.807) is 6.07 Å². The van der Waals surface area contributed by atoms with Crippen LogP contribution in [-0.2, 0) is 21.3 Å². The summed E-state index contributed by atoms with van der Waals surface area (Å²) in [4.78, 5) is 3.12. The van der Waals surface area contributed by atoms with E-state index >= 15 is 0 Å². The van der Waals surface area contributed by atoms with E-state index in [2.05, 4.69) is 4.98 Å². The number of sulfonamides is 1. The van der Waals surface area contributed by atoms with E-state index in [0.29, 0.717) is 31.9 Å². The third-order valence-electron chi connectivity index (χ3n) is 2.96. The third-order valence-corrected chi connectivity index (χ3v) is 4.79. The number of ether oxygens (including phenoxy) is 1. The van der Waals surface area contributed by atoms with Crippen LogP contribution in [0.3, 0.4) is 0 Å². The van der Waals surface area contributed by atoms with E-state index < -0.39 is 15.6 Å². The molecule has 0 amide bonds. The maximum atomic E-state index is 12.4. The molecule has 1 aliphatic heterocycles. The largest absolute Gasteiger partial charge is 0.373 e. The van der Waals surface area contributed by atoms with E-state index in [1.807, 2.05) is 13.8 Å². The summed E-state index contributed by atoms with van der Waals surface area (Å²) in [5.41, 5.74) is 5.73. The lowest BCUT2D eigenvalue weighted by Gasteiger charge is -2.37. The molecule has 2 rings (SSSR count). The molecule has 1 fully saturated rings. The fourth-order valence-corrected chi connectivity index (χ4v) is 3.61. The van der Waals surface area contributed by atoms with Crippen LogP contribution >= 0.6 is 0 Å². The van der Waals surface area contributed by atoms with Gasteiger partial charge in [-0.15, -0.1) is 0 Å². The van der Waals surface area contributed by atoms with Crippen molar-refractivity contribution in [1.29, 1.82) is 0 Å². The summed E-state index contributed by atoms with van der Waals surface area (Å²) in [6, 6.07) is 1.58. The van der Waals surface area contributed by atoms with Crippen LogP contribution in [0.2, 0.25) is 0 Å². The van der Waals surface area contributed by atoms with Gasteiger partial charge in [-0.2, -0.15) is 4.31 Å². The van der Waals surface area contributed by atoms with Gasteiger partial charge < -0.3 is 15.5 Å². The highest BCUT2D eigenvalue weighted by Crippen LogP contribution is 2.23. The average molecular weight is 273 g/mol. The highest BCUT2D eigenvalue weighted by atomic mass is 32.2. The van der Waals surface area contributed by atoms with Crippen molar-refractivity contribution in [3.63, 3.8) is 0 Å². The zero-order valence-electron chi connectivity index (χ0n) is 10.6. The Hall–Kier alpha value is -0.890. The molecule has 6 nitrogen and oxygen atoms in total. The van der Waals surface area contributed by atoms with Crippen LogP contribution in [0.1, 0.15) is 19.5 Å². The SMILES string of the molecule is CC1(C)CN(S(=O)(=O)c2c[nH]c(CN)c2)CCO1. The fraction of sp³-hybridized carbons (Fsp3) is 0.636. The molecular weight excluding hydrogens is 254 g/mol. The summed E-state index contributed by atoms with van der Waals surface area (Å²) in [5, 5.41) is 0. The van der Waals surface area contributed by atoms with Crippen LogP contribution in [0.4, 0.5) is 0 Å². The van der Waals surface area contributed by atoms with Crippen molar-refractivity contribution >= 4 is 10.0 Å². The first kappa shape index (κ1) is 13.5. The zero-order chi connectivity index (χ0) is 13.4. The predicted octanol–water partition coefficient (Wildman–Crippen LogP) is 0.273. The summed E-state index contributed by atoms with van der Waals surface area (Å²) in [5.74, 6) is 0.